The van der Waals surface area contributed by atoms with Gasteiger partial charge in [-0.3, -0.25) is 14.9 Å². The monoisotopic (exact) mass is 689 g/mol. The van der Waals surface area contributed by atoms with Crippen LogP contribution in [0, 0.1) is 10.1 Å². The normalized spacial score (nSPS) is 11.4. The van der Waals surface area contributed by atoms with E-state index in [4.69, 9.17) is 18.9 Å². The van der Waals surface area contributed by atoms with E-state index in [0.29, 0.717) is 42.5 Å². The highest BCUT2D eigenvalue weighted by Crippen LogP contribution is 2.44. The molecular weight excluding hydrogens is 674 g/mol. The van der Waals surface area contributed by atoms with Crippen molar-refractivity contribution in [3.8, 4) is 29.0 Å². The van der Waals surface area contributed by atoms with Crippen LogP contribution in [-0.2, 0) is 0 Å². The van der Waals surface area contributed by atoms with Gasteiger partial charge in [0.1, 0.15) is 11.8 Å². The molecule has 3 aromatic heterocycles. The Labute approximate surface area is 253 Å². The second-order valence-electron chi connectivity index (χ2n) is 8.80. The fraction of sp³-hybridized carbons (Fsp3) is 0.0345. The lowest BCUT2D eigenvalue weighted by Gasteiger charge is -2.14. The quantitative estimate of drug-likeness (QED) is 0.0966. The summed E-state index contributed by atoms with van der Waals surface area (Å²) >= 11 is 7.07. The molecule has 6 aromatic rings. The van der Waals surface area contributed by atoms with E-state index in [1.165, 1.54) is 30.1 Å². The molecule has 0 bridgehead atoms. The van der Waals surface area contributed by atoms with Gasteiger partial charge in [0.2, 0.25) is 11.7 Å². The van der Waals surface area contributed by atoms with E-state index in [0.717, 1.165) is 11.6 Å². The number of nitro groups is 1. The van der Waals surface area contributed by atoms with Gasteiger partial charge in [-0.15, -0.1) is 0 Å². The minimum Gasteiger partial charge on any atom is -0.493 e. The number of para-hydroxylation sites is 2. The third kappa shape index (κ3) is 5.03. The van der Waals surface area contributed by atoms with Crippen LogP contribution in [0.3, 0.4) is 0 Å². The van der Waals surface area contributed by atoms with Gasteiger partial charge < -0.3 is 13.9 Å². The Bertz CT molecular complexity index is 2060. The number of hydrogen-bond acceptors (Lipinski definition) is 9. The van der Waals surface area contributed by atoms with E-state index >= 15 is 0 Å². The first-order valence-corrected chi connectivity index (χ1v) is 13.8. The predicted molar refractivity (Wildman–Crippen MR) is 164 cm³/mol. The summed E-state index contributed by atoms with van der Waals surface area (Å²) in [5.41, 5.74) is 1.16. The van der Waals surface area contributed by atoms with Crippen molar-refractivity contribution in [1.29, 1.82) is 0 Å². The molecule has 208 valence electrons. The third-order valence-corrected chi connectivity index (χ3v) is 8.37. The van der Waals surface area contributed by atoms with Crippen LogP contribution in [-0.4, -0.2) is 32.9 Å². The zero-order valence-corrected chi connectivity index (χ0v) is 24.7. The summed E-state index contributed by atoms with van der Waals surface area (Å²) in [5.74, 6) is 1.33. The van der Waals surface area contributed by atoms with Crippen LogP contribution in [0.4, 0.5) is 5.69 Å². The van der Waals surface area contributed by atoms with Crippen molar-refractivity contribution in [2.45, 2.75) is 0 Å². The van der Waals surface area contributed by atoms with Crippen molar-refractivity contribution >= 4 is 65.6 Å². The van der Waals surface area contributed by atoms with Gasteiger partial charge in [-0.1, -0.05) is 30.3 Å². The van der Waals surface area contributed by atoms with E-state index in [1.807, 2.05) is 36.4 Å². The average Bonchev–Trinajstić information content (AvgIpc) is 3.44. The molecule has 3 heterocycles. The Kier molecular flexibility index (Phi) is 7.27. The van der Waals surface area contributed by atoms with Gasteiger partial charge in [-0.05, 0) is 62.2 Å². The van der Waals surface area contributed by atoms with Gasteiger partial charge in [0.15, 0.2) is 17.3 Å². The lowest BCUT2D eigenvalue weighted by Crippen LogP contribution is -2.20. The van der Waals surface area contributed by atoms with Gasteiger partial charge in [-0.25, -0.2) is 9.97 Å². The topological polar surface area (TPSA) is 135 Å². The summed E-state index contributed by atoms with van der Waals surface area (Å²) < 4.78 is 19.7. The first-order valence-electron chi connectivity index (χ1n) is 12.2. The zero-order valence-electron chi connectivity index (χ0n) is 21.5. The number of aromatic nitrogens is 3. The molecule has 3 aromatic carbocycles. The predicted octanol–water partition coefficient (Wildman–Crippen LogP) is 7.32. The molecule has 0 fully saturated rings. The maximum Gasteiger partial charge on any atom is 0.287 e. The molecule has 0 saturated heterocycles. The SMILES string of the molecule is COc1cc(C=Nn2c(-c3cc4ccccc4o3)nc3ccccc3c2=O)c(Br)c(Br)c1Oc1ccc([N+](=O)[O-])cn1. The van der Waals surface area contributed by atoms with Crippen LogP contribution in [0.15, 0.2) is 102 Å². The second-order valence-corrected chi connectivity index (χ2v) is 10.4. The maximum absolute atomic E-state index is 13.6. The number of methoxy groups -OCH3 is 1. The molecular formula is C29H17Br2N5O6. The lowest BCUT2D eigenvalue weighted by atomic mass is 10.2. The number of furan rings is 1. The zero-order chi connectivity index (χ0) is 29.4. The highest BCUT2D eigenvalue weighted by atomic mass is 79.9. The molecule has 0 amide bonds. The Morgan fingerprint density at radius 1 is 1.05 bits per heavy atom. The van der Waals surface area contributed by atoms with Crippen LogP contribution in [0.25, 0.3) is 33.5 Å². The van der Waals surface area contributed by atoms with Gasteiger partial charge in [0, 0.05) is 27.6 Å². The number of fused-ring (bicyclic) bond motifs is 2. The Morgan fingerprint density at radius 3 is 2.57 bits per heavy atom. The summed E-state index contributed by atoms with van der Waals surface area (Å²) in [4.78, 5) is 32.7. The second kappa shape index (κ2) is 11.2. The smallest absolute Gasteiger partial charge is 0.287 e. The van der Waals surface area contributed by atoms with Crippen molar-refractivity contribution in [3.63, 3.8) is 0 Å². The van der Waals surface area contributed by atoms with Crippen LogP contribution in [0.2, 0.25) is 0 Å². The van der Waals surface area contributed by atoms with Crippen molar-refractivity contribution in [3.05, 3.63) is 114 Å². The van der Waals surface area contributed by atoms with Crippen LogP contribution in [0.5, 0.6) is 17.4 Å². The molecule has 0 aliphatic carbocycles. The summed E-state index contributed by atoms with van der Waals surface area (Å²) in [5, 5.41) is 16.7. The van der Waals surface area contributed by atoms with E-state index in [-0.39, 0.29) is 28.7 Å². The van der Waals surface area contributed by atoms with Crippen LogP contribution in [0.1, 0.15) is 5.56 Å². The number of rotatable bonds is 7. The van der Waals surface area contributed by atoms with Gasteiger partial charge >= 0.3 is 0 Å². The molecule has 0 unspecified atom stereocenters. The summed E-state index contributed by atoms with van der Waals surface area (Å²) in [6.45, 7) is 0. The summed E-state index contributed by atoms with van der Waals surface area (Å²) in [6.07, 6.45) is 2.58. The lowest BCUT2D eigenvalue weighted by molar-refractivity contribution is -0.385. The minimum absolute atomic E-state index is 0.122. The van der Waals surface area contributed by atoms with Crippen LogP contribution < -0.4 is 15.0 Å². The number of nitrogens with zero attached hydrogens (tertiary/aromatic N) is 5. The molecule has 0 spiro atoms. The van der Waals surface area contributed by atoms with E-state index in [9.17, 15) is 14.9 Å². The summed E-state index contributed by atoms with van der Waals surface area (Å²) in [6, 6.07) is 20.6. The van der Waals surface area contributed by atoms with Gasteiger partial charge in [-0.2, -0.15) is 9.78 Å². The number of ether oxygens (including phenoxy) is 2. The molecule has 6 rings (SSSR count). The molecule has 42 heavy (non-hydrogen) atoms. The standard InChI is InChI=1S/C29H17Br2N5O6/c1-40-22-13-17(25(30)26(31)27(22)42-24-11-10-18(15-32-24)36(38)39)14-33-35-28(23-12-16-6-2-5-9-21(16)41-23)34-20-8-4-3-7-19(20)29(35)37/h2-15H,1H3. The first-order chi connectivity index (χ1) is 20.3. The Hall–Kier alpha value is -4.88. The van der Waals surface area contributed by atoms with Crippen molar-refractivity contribution in [2.75, 3.05) is 7.11 Å². The maximum atomic E-state index is 13.6. The molecule has 13 heteroatoms. The molecule has 0 saturated carbocycles. The Balaban J connectivity index is 1.44. The average molecular weight is 691 g/mol. The molecule has 0 aliphatic rings. The third-order valence-electron chi connectivity index (χ3n) is 6.23. The van der Waals surface area contributed by atoms with Gasteiger partial charge in [0.25, 0.3) is 11.2 Å². The van der Waals surface area contributed by atoms with Gasteiger partial charge in [0.05, 0.1) is 33.6 Å². The van der Waals surface area contributed by atoms with Crippen molar-refractivity contribution < 1.29 is 18.8 Å². The summed E-state index contributed by atoms with van der Waals surface area (Å²) in [7, 11) is 1.46. The fourth-order valence-corrected chi connectivity index (χ4v) is 5.10. The fourth-order valence-electron chi connectivity index (χ4n) is 4.19. The minimum atomic E-state index is -0.548. The number of pyridine rings is 1. The van der Waals surface area contributed by atoms with Crippen LogP contribution >= 0.6 is 31.9 Å². The van der Waals surface area contributed by atoms with E-state index in [2.05, 4.69) is 41.9 Å². The highest BCUT2D eigenvalue weighted by Gasteiger charge is 2.20. The highest BCUT2D eigenvalue weighted by molar-refractivity contribution is 9.13. The number of hydrogen-bond donors (Lipinski definition) is 0. The molecule has 0 aliphatic heterocycles. The number of halogens is 2. The molecule has 0 radical (unpaired) electrons. The molecule has 11 nitrogen and oxygen atoms in total. The van der Waals surface area contributed by atoms with Crippen molar-refractivity contribution in [1.82, 2.24) is 14.6 Å². The number of benzene rings is 3. The first kappa shape index (κ1) is 27.3. The van der Waals surface area contributed by atoms with E-state index in [1.54, 1.807) is 24.3 Å². The largest absolute Gasteiger partial charge is 0.493 e. The Morgan fingerprint density at radius 2 is 1.83 bits per heavy atom. The molecule has 0 atom stereocenters. The van der Waals surface area contributed by atoms with E-state index < -0.39 is 4.92 Å². The molecule has 0 N–H and O–H groups in total. The van der Waals surface area contributed by atoms with Crippen molar-refractivity contribution in [2.24, 2.45) is 5.10 Å².